The predicted molar refractivity (Wildman–Crippen MR) is 74.4 cm³/mol. The highest BCUT2D eigenvalue weighted by Crippen LogP contribution is 2.11. The normalized spacial score (nSPS) is 11.0. The van der Waals surface area contributed by atoms with Gasteiger partial charge in [-0.05, 0) is 24.0 Å². The van der Waals surface area contributed by atoms with Crippen molar-refractivity contribution in [1.29, 1.82) is 0 Å². The maximum atomic E-state index is 5.67. The molecule has 0 N–H and O–H groups in total. The van der Waals surface area contributed by atoms with E-state index in [1.807, 2.05) is 30.3 Å². The molecule has 0 fully saturated rings. The van der Waals surface area contributed by atoms with E-state index in [0.717, 1.165) is 5.75 Å². The van der Waals surface area contributed by atoms with E-state index < -0.39 is 7.32 Å². The van der Waals surface area contributed by atoms with Gasteiger partial charge in [0.15, 0.2) is 0 Å². The lowest BCUT2D eigenvalue weighted by atomic mass is 10.1. The third-order valence-electron chi connectivity index (χ3n) is 2.11. The third-order valence-corrected chi connectivity index (χ3v) is 2.11. The monoisotopic (exact) mass is 250 g/mol. The van der Waals surface area contributed by atoms with E-state index >= 15 is 0 Å². The molecule has 0 bridgehead atoms. The summed E-state index contributed by atoms with van der Waals surface area (Å²) in [4.78, 5) is 0. The number of rotatable bonds is 8. The summed E-state index contributed by atoms with van der Waals surface area (Å²) in [6, 6.07) is 9.59. The Balaban J connectivity index is 2.48. The van der Waals surface area contributed by atoms with Crippen molar-refractivity contribution in [1.82, 2.24) is 0 Å². The molecule has 100 valence electrons. The highest BCUT2D eigenvalue weighted by Gasteiger charge is 2.24. The van der Waals surface area contributed by atoms with E-state index in [9.17, 15) is 0 Å². The molecule has 0 radical (unpaired) electrons. The Labute approximate surface area is 111 Å². The van der Waals surface area contributed by atoms with Gasteiger partial charge in [-0.15, -0.1) is 0 Å². The molecule has 0 aliphatic rings. The Morgan fingerprint density at radius 3 is 1.83 bits per heavy atom. The van der Waals surface area contributed by atoms with Crippen LogP contribution in [0.3, 0.4) is 0 Å². The first-order chi connectivity index (χ1) is 8.58. The lowest BCUT2D eigenvalue weighted by molar-refractivity contribution is 0.115. The van der Waals surface area contributed by atoms with Gasteiger partial charge in [0.1, 0.15) is 5.75 Å². The highest BCUT2D eigenvalue weighted by molar-refractivity contribution is 6.37. The lowest BCUT2D eigenvalue weighted by Gasteiger charge is -2.17. The summed E-state index contributed by atoms with van der Waals surface area (Å²) in [5.74, 6) is 1.67. The molecule has 0 amide bonds. The summed E-state index contributed by atoms with van der Waals surface area (Å²) in [6.45, 7) is 9.64. The first kappa shape index (κ1) is 15.1. The van der Waals surface area contributed by atoms with Crippen LogP contribution in [0.5, 0.6) is 5.75 Å². The zero-order valence-corrected chi connectivity index (χ0v) is 11.8. The van der Waals surface area contributed by atoms with Crippen LogP contribution in [0.25, 0.3) is 0 Å². The van der Waals surface area contributed by atoms with Gasteiger partial charge in [-0.3, -0.25) is 0 Å². The molecular formula is C14H23BO3. The molecule has 0 saturated carbocycles. The SMILES string of the molecule is CC(C)COB(OCC(C)C)Oc1ccccc1. The van der Waals surface area contributed by atoms with Gasteiger partial charge in [0.05, 0.1) is 0 Å². The highest BCUT2D eigenvalue weighted by atomic mass is 16.7. The summed E-state index contributed by atoms with van der Waals surface area (Å²) in [6.07, 6.45) is 0. The Morgan fingerprint density at radius 2 is 1.39 bits per heavy atom. The molecule has 0 heterocycles. The molecule has 3 nitrogen and oxygen atoms in total. The average molecular weight is 250 g/mol. The van der Waals surface area contributed by atoms with Crippen LogP contribution in [0.2, 0.25) is 0 Å². The van der Waals surface area contributed by atoms with Crippen LogP contribution in [0.1, 0.15) is 27.7 Å². The second-order valence-electron chi connectivity index (χ2n) is 5.17. The Kier molecular flexibility index (Phi) is 6.84. The molecule has 1 aromatic rings. The Hall–Kier alpha value is -0.995. The van der Waals surface area contributed by atoms with Crippen molar-refractivity contribution in [2.45, 2.75) is 27.7 Å². The molecule has 0 unspecified atom stereocenters. The fourth-order valence-electron chi connectivity index (χ4n) is 1.27. The van der Waals surface area contributed by atoms with Gasteiger partial charge >= 0.3 is 7.32 Å². The Morgan fingerprint density at radius 1 is 0.889 bits per heavy atom. The van der Waals surface area contributed by atoms with Gasteiger partial charge in [0.25, 0.3) is 0 Å². The van der Waals surface area contributed by atoms with Gasteiger partial charge in [-0.25, -0.2) is 0 Å². The molecule has 0 aliphatic carbocycles. The molecule has 18 heavy (non-hydrogen) atoms. The topological polar surface area (TPSA) is 27.7 Å². The van der Waals surface area contributed by atoms with E-state index in [0.29, 0.717) is 25.0 Å². The molecular weight excluding hydrogens is 227 g/mol. The summed E-state index contributed by atoms with van der Waals surface area (Å²) in [5, 5.41) is 0. The van der Waals surface area contributed by atoms with Crippen molar-refractivity contribution in [3.63, 3.8) is 0 Å². The van der Waals surface area contributed by atoms with Crippen LogP contribution >= 0.6 is 0 Å². The first-order valence-corrected chi connectivity index (χ1v) is 6.53. The minimum Gasteiger partial charge on any atom is -0.512 e. The quantitative estimate of drug-likeness (QED) is 0.662. The van der Waals surface area contributed by atoms with Gasteiger partial charge in [-0.1, -0.05) is 45.9 Å². The van der Waals surface area contributed by atoms with Crippen LogP contribution < -0.4 is 4.65 Å². The fourth-order valence-corrected chi connectivity index (χ4v) is 1.27. The summed E-state index contributed by atoms with van der Waals surface area (Å²) in [7, 11) is -0.628. The number of hydrogen-bond acceptors (Lipinski definition) is 3. The molecule has 0 aromatic heterocycles. The van der Waals surface area contributed by atoms with E-state index in [2.05, 4.69) is 27.7 Å². The number of hydrogen-bond donors (Lipinski definition) is 0. The van der Waals surface area contributed by atoms with Gasteiger partial charge < -0.3 is 14.0 Å². The van der Waals surface area contributed by atoms with E-state index in [-0.39, 0.29) is 0 Å². The van der Waals surface area contributed by atoms with Gasteiger partial charge in [0, 0.05) is 13.2 Å². The summed E-state index contributed by atoms with van der Waals surface area (Å²) in [5.41, 5.74) is 0. The Bertz CT molecular complexity index is 302. The zero-order chi connectivity index (χ0) is 13.4. The fraction of sp³-hybridized carbons (Fsp3) is 0.571. The molecule has 0 spiro atoms. The van der Waals surface area contributed by atoms with Crippen molar-refractivity contribution in [2.24, 2.45) is 11.8 Å². The molecule has 0 aliphatic heterocycles. The maximum absolute atomic E-state index is 5.67. The molecule has 1 aromatic carbocycles. The van der Waals surface area contributed by atoms with Crippen molar-refractivity contribution in [3.8, 4) is 5.75 Å². The van der Waals surface area contributed by atoms with Crippen LogP contribution in [0.15, 0.2) is 30.3 Å². The largest absolute Gasteiger partial charge is 0.713 e. The summed E-state index contributed by atoms with van der Waals surface area (Å²) < 4.78 is 16.9. The minimum absolute atomic E-state index is 0.453. The number of para-hydroxylation sites is 1. The van der Waals surface area contributed by atoms with Gasteiger partial charge in [0.2, 0.25) is 0 Å². The van der Waals surface area contributed by atoms with Crippen molar-refractivity contribution in [3.05, 3.63) is 30.3 Å². The van der Waals surface area contributed by atoms with Crippen molar-refractivity contribution >= 4 is 7.32 Å². The average Bonchev–Trinajstić information content (AvgIpc) is 2.33. The molecule has 0 atom stereocenters. The van der Waals surface area contributed by atoms with E-state index in [1.54, 1.807) is 0 Å². The summed E-state index contributed by atoms with van der Waals surface area (Å²) >= 11 is 0. The lowest BCUT2D eigenvalue weighted by Crippen LogP contribution is -2.33. The van der Waals surface area contributed by atoms with Crippen LogP contribution in [-0.4, -0.2) is 20.5 Å². The number of benzene rings is 1. The van der Waals surface area contributed by atoms with Crippen LogP contribution in [0.4, 0.5) is 0 Å². The molecule has 0 saturated heterocycles. The van der Waals surface area contributed by atoms with E-state index in [1.165, 1.54) is 0 Å². The van der Waals surface area contributed by atoms with Crippen LogP contribution in [0, 0.1) is 11.8 Å². The third kappa shape index (κ3) is 6.67. The maximum Gasteiger partial charge on any atom is 0.713 e. The van der Waals surface area contributed by atoms with Crippen molar-refractivity contribution in [2.75, 3.05) is 13.2 Å². The molecule has 1 rings (SSSR count). The van der Waals surface area contributed by atoms with Crippen molar-refractivity contribution < 1.29 is 14.0 Å². The smallest absolute Gasteiger partial charge is 0.512 e. The second-order valence-corrected chi connectivity index (χ2v) is 5.17. The minimum atomic E-state index is -0.628. The van der Waals surface area contributed by atoms with Crippen LogP contribution in [-0.2, 0) is 9.31 Å². The predicted octanol–water partition coefficient (Wildman–Crippen LogP) is 3.40. The van der Waals surface area contributed by atoms with E-state index in [4.69, 9.17) is 14.0 Å². The zero-order valence-electron chi connectivity index (χ0n) is 11.8. The second kappa shape index (κ2) is 8.17. The molecule has 4 heteroatoms. The standard InChI is InChI=1S/C14H23BO3/c1-12(2)10-16-15(17-11-13(3)4)18-14-8-6-5-7-9-14/h5-9,12-13H,10-11H2,1-4H3. The van der Waals surface area contributed by atoms with Gasteiger partial charge in [-0.2, -0.15) is 0 Å². The first-order valence-electron chi connectivity index (χ1n) is 6.53.